The lowest BCUT2D eigenvalue weighted by Gasteiger charge is -2.26. The van der Waals surface area contributed by atoms with Crippen molar-refractivity contribution in [1.82, 2.24) is 4.57 Å². The van der Waals surface area contributed by atoms with Crippen LogP contribution in [0.1, 0.15) is 44.9 Å². The monoisotopic (exact) mass is 676 g/mol. The summed E-state index contributed by atoms with van der Waals surface area (Å²) < 4.78 is 19.9. The Morgan fingerprint density at radius 2 is 2.08 bits per heavy atom. The molecule has 0 amide bonds. The summed E-state index contributed by atoms with van der Waals surface area (Å²) in [6, 6.07) is 10.0. The van der Waals surface area contributed by atoms with Crippen molar-refractivity contribution in [3.05, 3.63) is 87.1 Å². The molecule has 39 heavy (non-hydrogen) atoms. The van der Waals surface area contributed by atoms with Gasteiger partial charge in [0.1, 0.15) is 24.1 Å². The average Bonchev–Trinajstić information content (AvgIpc) is 3.17. The minimum absolute atomic E-state index is 0.0639. The van der Waals surface area contributed by atoms with Gasteiger partial charge in [-0.25, -0.2) is 9.79 Å². The Hall–Kier alpha value is -3.07. The van der Waals surface area contributed by atoms with Crippen molar-refractivity contribution in [2.75, 3.05) is 13.2 Å². The third kappa shape index (κ3) is 6.08. The Labute approximate surface area is 248 Å². The number of fused-ring (bicyclic) bond motifs is 1. The third-order valence-corrected chi connectivity index (χ3v) is 7.72. The Morgan fingerprint density at radius 3 is 2.77 bits per heavy atom. The van der Waals surface area contributed by atoms with Crippen molar-refractivity contribution in [3.63, 3.8) is 0 Å². The van der Waals surface area contributed by atoms with E-state index >= 15 is 0 Å². The number of carbonyl (C=O) groups excluding carboxylic acids is 1. The molecule has 0 radical (unpaired) electrons. The first-order chi connectivity index (χ1) is 18.7. The number of carbonyl (C=O) groups is 1. The predicted octanol–water partition coefficient (Wildman–Crippen LogP) is 4.86. The molecule has 2 heterocycles. The lowest BCUT2D eigenvalue weighted by molar-refractivity contribution is -0.139. The predicted molar refractivity (Wildman–Crippen MR) is 161 cm³/mol. The van der Waals surface area contributed by atoms with Crippen molar-refractivity contribution in [3.8, 4) is 23.8 Å². The molecular formula is C29H26ClIN2O5S. The number of thiazole rings is 1. The molecule has 1 aliphatic rings. The summed E-state index contributed by atoms with van der Waals surface area (Å²) in [6.07, 6.45) is 6.99. The van der Waals surface area contributed by atoms with E-state index in [-0.39, 0.29) is 30.5 Å². The van der Waals surface area contributed by atoms with Crippen LogP contribution in [0.3, 0.4) is 0 Å². The van der Waals surface area contributed by atoms with Gasteiger partial charge < -0.3 is 14.2 Å². The summed E-state index contributed by atoms with van der Waals surface area (Å²) in [5, 5.41) is 0.490. The highest BCUT2D eigenvalue weighted by atomic mass is 127. The molecule has 0 unspecified atom stereocenters. The van der Waals surface area contributed by atoms with Crippen LogP contribution in [0.15, 0.2) is 57.5 Å². The zero-order valence-corrected chi connectivity index (χ0v) is 25.5. The van der Waals surface area contributed by atoms with Gasteiger partial charge >= 0.3 is 5.97 Å². The first-order valence-electron chi connectivity index (χ1n) is 12.2. The summed E-state index contributed by atoms with van der Waals surface area (Å²) in [5.41, 5.74) is 1.70. The van der Waals surface area contributed by atoms with Crippen molar-refractivity contribution < 1.29 is 19.0 Å². The number of hydrogen-bond acceptors (Lipinski definition) is 7. The number of rotatable bonds is 8. The number of esters is 1. The lowest BCUT2D eigenvalue weighted by atomic mass is 9.95. The standard InChI is InChI=1S/C29H26ClIN2O5S/c1-6-12-37-26-18(13-19(30)15-21(26)31)14-23-27(34)33-25(20-10-8-9-11-22(20)38-16(3)4)24(28(35)36-7-2)17(5)32-29(33)39-23/h1,8-11,13-16,25H,7,12H2,2-5H3/b23-14-/t25-/m1/s1. The Kier molecular flexibility index (Phi) is 9.20. The normalized spacial score (nSPS) is 15.0. The molecule has 1 atom stereocenters. The van der Waals surface area contributed by atoms with Crippen molar-refractivity contribution in [2.24, 2.45) is 4.99 Å². The highest BCUT2D eigenvalue weighted by molar-refractivity contribution is 14.1. The molecule has 0 bridgehead atoms. The zero-order chi connectivity index (χ0) is 28.3. The van der Waals surface area contributed by atoms with Crippen LogP contribution in [-0.4, -0.2) is 29.9 Å². The topological polar surface area (TPSA) is 79.1 Å². The number of halogens is 2. The summed E-state index contributed by atoms with van der Waals surface area (Å²) in [5.74, 6) is 3.02. The van der Waals surface area contributed by atoms with Gasteiger partial charge in [0.05, 0.1) is 32.1 Å². The van der Waals surface area contributed by atoms with Crippen LogP contribution in [0.4, 0.5) is 0 Å². The van der Waals surface area contributed by atoms with E-state index in [9.17, 15) is 9.59 Å². The molecule has 0 saturated heterocycles. The number of hydrogen-bond donors (Lipinski definition) is 0. The number of allylic oxidation sites excluding steroid dienone is 1. The van der Waals surface area contributed by atoms with Crippen LogP contribution in [0.25, 0.3) is 6.08 Å². The maximum atomic E-state index is 14.0. The van der Waals surface area contributed by atoms with E-state index in [0.29, 0.717) is 42.7 Å². The number of ether oxygens (including phenoxy) is 3. The lowest BCUT2D eigenvalue weighted by Crippen LogP contribution is -2.40. The minimum Gasteiger partial charge on any atom is -0.491 e. The maximum Gasteiger partial charge on any atom is 0.338 e. The first-order valence-corrected chi connectivity index (χ1v) is 14.4. The quantitative estimate of drug-likeness (QED) is 0.194. The zero-order valence-electron chi connectivity index (χ0n) is 21.8. The Bertz CT molecular complexity index is 1680. The van der Waals surface area contributed by atoms with Gasteiger partial charge in [-0.3, -0.25) is 9.36 Å². The second-order valence-corrected chi connectivity index (χ2v) is 11.4. The van der Waals surface area contributed by atoms with Crippen molar-refractivity contribution in [1.29, 1.82) is 0 Å². The van der Waals surface area contributed by atoms with Gasteiger partial charge in [0.15, 0.2) is 4.80 Å². The molecule has 10 heteroatoms. The second-order valence-electron chi connectivity index (χ2n) is 8.81. The summed E-state index contributed by atoms with van der Waals surface area (Å²) in [7, 11) is 0. The molecule has 1 aliphatic heterocycles. The molecule has 0 saturated carbocycles. The van der Waals surface area contributed by atoms with E-state index in [2.05, 4.69) is 33.5 Å². The maximum absolute atomic E-state index is 14.0. The number of aromatic nitrogens is 1. The van der Waals surface area contributed by atoms with Crippen LogP contribution in [-0.2, 0) is 9.53 Å². The van der Waals surface area contributed by atoms with Crippen LogP contribution >= 0.6 is 45.5 Å². The van der Waals surface area contributed by atoms with Gasteiger partial charge in [-0.15, -0.1) is 6.42 Å². The molecule has 202 valence electrons. The molecule has 0 fully saturated rings. The number of para-hydroxylation sites is 1. The van der Waals surface area contributed by atoms with E-state index in [4.69, 9.17) is 32.2 Å². The molecule has 4 rings (SSSR count). The molecule has 3 aromatic rings. The summed E-state index contributed by atoms with van der Waals surface area (Å²) in [4.78, 5) is 32.3. The number of benzene rings is 2. The van der Waals surface area contributed by atoms with E-state index in [1.807, 2.05) is 38.1 Å². The van der Waals surface area contributed by atoms with Gasteiger partial charge in [-0.2, -0.15) is 0 Å². The highest BCUT2D eigenvalue weighted by Crippen LogP contribution is 2.36. The van der Waals surface area contributed by atoms with Crippen LogP contribution in [0.2, 0.25) is 5.02 Å². The van der Waals surface area contributed by atoms with Crippen LogP contribution in [0.5, 0.6) is 11.5 Å². The summed E-state index contributed by atoms with van der Waals surface area (Å²) >= 11 is 9.66. The number of terminal acetylenes is 1. The van der Waals surface area contributed by atoms with Crippen LogP contribution < -0.4 is 24.4 Å². The van der Waals surface area contributed by atoms with E-state index in [1.54, 1.807) is 32.1 Å². The smallest absolute Gasteiger partial charge is 0.338 e. The first kappa shape index (κ1) is 28.9. The van der Waals surface area contributed by atoms with Gasteiger partial charge in [0.25, 0.3) is 5.56 Å². The fraction of sp³-hybridized carbons (Fsp3) is 0.276. The fourth-order valence-electron chi connectivity index (χ4n) is 4.25. The van der Waals surface area contributed by atoms with Crippen molar-refractivity contribution in [2.45, 2.75) is 39.8 Å². The Morgan fingerprint density at radius 1 is 1.33 bits per heavy atom. The fourth-order valence-corrected chi connectivity index (χ4v) is 6.50. The summed E-state index contributed by atoms with van der Waals surface area (Å²) in [6.45, 7) is 7.57. The molecule has 1 aromatic heterocycles. The number of nitrogens with zero attached hydrogens (tertiary/aromatic N) is 2. The second kappa shape index (κ2) is 12.4. The molecule has 0 aliphatic carbocycles. The van der Waals surface area contributed by atoms with Gasteiger partial charge in [0, 0.05) is 16.1 Å². The van der Waals surface area contributed by atoms with Gasteiger partial charge in [0.2, 0.25) is 0 Å². The molecule has 0 spiro atoms. The molecule has 2 aromatic carbocycles. The van der Waals surface area contributed by atoms with Gasteiger partial charge in [-0.05, 0) is 74.6 Å². The van der Waals surface area contributed by atoms with E-state index < -0.39 is 12.0 Å². The van der Waals surface area contributed by atoms with Crippen molar-refractivity contribution >= 4 is 57.6 Å². The van der Waals surface area contributed by atoms with Crippen LogP contribution in [0, 0.1) is 15.9 Å². The highest BCUT2D eigenvalue weighted by Gasteiger charge is 2.35. The SMILES string of the molecule is C#CCOc1c(I)cc(Cl)cc1/C=c1\sc2n(c1=O)[C@H](c1ccccc1OC(C)C)C(C(=O)OCC)=C(C)N=2. The van der Waals surface area contributed by atoms with E-state index in [0.717, 1.165) is 3.57 Å². The molecule has 0 N–H and O–H groups in total. The van der Waals surface area contributed by atoms with E-state index in [1.165, 1.54) is 15.9 Å². The molecule has 7 nitrogen and oxygen atoms in total. The minimum atomic E-state index is -0.797. The third-order valence-electron chi connectivity index (χ3n) is 5.72. The largest absolute Gasteiger partial charge is 0.491 e. The van der Waals surface area contributed by atoms with Gasteiger partial charge in [-0.1, -0.05) is 47.1 Å². The average molecular weight is 677 g/mol. The Balaban J connectivity index is 2.00. The molecular weight excluding hydrogens is 651 g/mol.